The van der Waals surface area contributed by atoms with Crippen LogP contribution >= 0.6 is 0 Å². The zero-order chi connectivity index (χ0) is 23.8. The Bertz CT molecular complexity index is 1480. The van der Waals surface area contributed by atoms with Crippen LogP contribution in [0.4, 0.5) is 5.69 Å². The first-order chi connectivity index (χ1) is 15.7. The Balaban J connectivity index is 1.76. The summed E-state index contributed by atoms with van der Waals surface area (Å²) >= 11 is 0. The van der Waals surface area contributed by atoms with Gasteiger partial charge in [-0.25, -0.2) is 8.42 Å². The van der Waals surface area contributed by atoms with Crippen LogP contribution in [0.1, 0.15) is 29.5 Å². The molecule has 2 heterocycles. The van der Waals surface area contributed by atoms with Gasteiger partial charge in [0.15, 0.2) is 5.76 Å². The largest absolute Gasteiger partial charge is 0.359 e. The highest BCUT2D eigenvalue weighted by atomic mass is 32.2. The lowest BCUT2D eigenvalue weighted by atomic mass is 10.1. The maximum absolute atomic E-state index is 13.2. The van der Waals surface area contributed by atoms with E-state index in [1.165, 1.54) is 10.7 Å². The van der Waals surface area contributed by atoms with Gasteiger partial charge in [0.1, 0.15) is 11.4 Å². The third-order valence-corrected chi connectivity index (χ3v) is 6.89. The molecular formula is C24H24N4O4S. The van der Waals surface area contributed by atoms with Gasteiger partial charge in [0.2, 0.25) is 0 Å². The summed E-state index contributed by atoms with van der Waals surface area (Å²) in [5, 5.41) is 8.34. The topological polar surface area (TPSA) is 107 Å². The summed E-state index contributed by atoms with van der Waals surface area (Å²) in [5.74, 6) is 0.463. The summed E-state index contributed by atoms with van der Waals surface area (Å²) < 4.78 is 35.4. The van der Waals surface area contributed by atoms with E-state index < -0.39 is 10.0 Å². The molecule has 0 saturated heterocycles. The van der Waals surface area contributed by atoms with Crippen LogP contribution in [-0.2, 0) is 16.4 Å². The van der Waals surface area contributed by atoms with Crippen molar-refractivity contribution in [2.45, 2.75) is 39.0 Å². The lowest BCUT2D eigenvalue weighted by molar-refractivity contribution is 0.392. The van der Waals surface area contributed by atoms with Crippen molar-refractivity contribution in [3.8, 4) is 16.9 Å². The first-order valence-corrected chi connectivity index (χ1v) is 11.9. The molecule has 0 spiro atoms. The fourth-order valence-corrected chi connectivity index (χ4v) is 4.94. The molecule has 2 aromatic carbocycles. The Morgan fingerprint density at radius 2 is 1.82 bits per heavy atom. The highest BCUT2D eigenvalue weighted by molar-refractivity contribution is 7.92. The highest BCUT2D eigenvalue weighted by Crippen LogP contribution is 2.26. The van der Waals surface area contributed by atoms with Crippen molar-refractivity contribution in [1.82, 2.24) is 14.9 Å². The van der Waals surface area contributed by atoms with Crippen molar-refractivity contribution in [2.75, 3.05) is 4.72 Å². The minimum absolute atomic E-state index is 0.138. The number of hydrogen-bond acceptors (Lipinski definition) is 6. The molecule has 33 heavy (non-hydrogen) atoms. The van der Waals surface area contributed by atoms with Crippen molar-refractivity contribution in [3.05, 3.63) is 87.5 Å². The van der Waals surface area contributed by atoms with Gasteiger partial charge in [-0.15, -0.1) is 0 Å². The van der Waals surface area contributed by atoms with Crippen molar-refractivity contribution in [2.24, 2.45) is 0 Å². The fraction of sp³-hybridized carbons (Fsp3) is 0.208. The third kappa shape index (κ3) is 4.45. The molecular weight excluding hydrogens is 440 g/mol. The van der Waals surface area contributed by atoms with E-state index in [2.05, 4.69) is 15.0 Å². The van der Waals surface area contributed by atoms with Gasteiger partial charge >= 0.3 is 0 Å². The minimum atomic E-state index is -3.85. The molecule has 0 saturated carbocycles. The molecule has 0 aliphatic heterocycles. The van der Waals surface area contributed by atoms with E-state index in [0.717, 1.165) is 12.0 Å². The summed E-state index contributed by atoms with van der Waals surface area (Å²) in [6, 6.07) is 15.3. The second kappa shape index (κ2) is 8.67. The lowest BCUT2D eigenvalue weighted by Crippen LogP contribution is -2.21. The van der Waals surface area contributed by atoms with Crippen LogP contribution in [0.25, 0.3) is 16.9 Å². The predicted molar refractivity (Wildman–Crippen MR) is 126 cm³/mol. The van der Waals surface area contributed by atoms with E-state index in [0.29, 0.717) is 39.6 Å². The Labute approximate surface area is 191 Å². The number of hydrogen-bond donors (Lipinski definition) is 1. The maximum atomic E-state index is 13.2. The predicted octanol–water partition coefficient (Wildman–Crippen LogP) is 4.18. The van der Waals surface area contributed by atoms with Crippen LogP contribution < -0.4 is 10.3 Å². The molecule has 4 rings (SSSR count). The van der Waals surface area contributed by atoms with Gasteiger partial charge in [-0.1, -0.05) is 36.3 Å². The lowest BCUT2D eigenvalue weighted by Gasteiger charge is -2.13. The number of anilines is 1. The van der Waals surface area contributed by atoms with Crippen molar-refractivity contribution in [3.63, 3.8) is 0 Å². The van der Waals surface area contributed by atoms with E-state index in [1.807, 2.05) is 25.1 Å². The molecule has 0 aliphatic rings. The Kier molecular flexibility index (Phi) is 5.90. The molecule has 0 bridgehead atoms. The van der Waals surface area contributed by atoms with Gasteiger partial charge in [-0.05, 0) is 62.6 Å². The van der Waals surface area contributed by atoms with Crippen molar-refractivity contribution < 1.29 is 12.9 Å². The van der Waals surface area contributed by atoms with Crippen LogP contribution in [-0.4, -0.2) is 23.4 Å². The number of benzene rings is 2. The first kappa shape index (κ1) is 22.5. The molecule has 9 heteroatoms. The fourth-order valence-electron chi connectivity index (χ4n) is 3.62. The van der Waals surface area contributed by atoms with Crippen LogP contribution in [0.3, 0.4) is 0 Å². The van der Waals surface area contributed by atoms with Gasteiger partial charge in [0.05, 0.1) is 10.6 Å². The van der Waals surface area contributed by atoms with Crippen LogP contribution in [0, 0.1) is 20.8 Å². The SMILES string of the molecule is CCc1cccc(NS(=O)(=O)c2cc(-c3ccc(=O)n(-c4c(C)noc4C)n3)ccc2C)c1. The molecule has 0 atom stereocenters. The molecule has 1 N–H and O–H groups in total. The molecule has 0 radical (unpaired) electrons. The average Bonchev–Trinajstić information content (AvgIpc) is 3.12. The quantitative estimate of drug-likeness (QED) is 0.459. The molecule has 0 fully saturated rings. The Morgan fingerprint density at radius 1 is 1.03 bits per heavy atom. The monoisotopic (exact) mass is 464 g/mol. The number of nitrogens with zero attached hydrogens (tertiary/aromatic N) is 3. The van der Waals surface area contributed by atoms with Gasteiger partial charge < -0.3 is 4.52 Å². The summed E-state index contributed by atoms with van der Waals surface area (Å²) in [6.07, 6.45) is 0.802. The standard InChI is InChI=1S/C24H24N4O4S/c1-5-18-7-6-8-20(13-18)27-33(30,31)22-14-19(10-9-15(22)2)21-11-12-23(29)28(25-21)24-16(3)26-32-17(24)4/h6-14,27H,5H2,1-4H3. The number of sulfonamides is 1. The smallest absolute Gasteiger partial charge is 0.271 e. The second-order valence-electron chi connectivity index (χ2n) is 7.78. The average molecular weight is 465 g/mol. The van der Waals surface area contributed by atoms with Crippen LogP contribution in [0.5, 0.6) is 0 Å². The molecule has 4 aromatic rings. The zero-order valence-electron chi connectivity index (χ0n) is 18.8. The normalized spacial score (nSPS) is 11.5. The Hall–Kier alpha value is -3.72. The minimum Gasteiger partial charge on any atom is -0.359 e. The molecule has 0 unspecified atom stereocenters. The number of rotatable bonds is 6. The van der Waals surface area contributed by atoms with Gasteiger partial charge in [-0.3, -0.25) is 9.52 Å². The number of nitrogens with one attached hydrogen (secondary N) is 1. The molecule has 0 aliphatic carbocycles. The number of aryl methyl sites for hydroxylation is 4. The first-order valence-electron chi connectivity index (χ1n) is 10.5. The maximum Gasteiger partial charge on any atom is 0.271 e. The van der Waals surface area contributed by atoms with Crippen molar-refractivity contribution in [1.29, 1.82) is 0 Å². The van der Waals surface area contributed by atoms with Crippen molar-refractivity contribution >= 4 is 15.7 Å². The second-order valence-corrected chi connectivity index (χ2v) is 9.43. The molecule has 170 valence electrons. The van der Waals surface area contributed by atoms with Gasteiger partial charge in [0.25, 0.3) is 15.6 Å². The summed E-state index contributed by atoms with van der Waals surface area (Å²) in [7, 11) is -3.85. The summed E-state index contributed by atoms with van der Waals surface area (Å²) in [5.41, 5.74) is 3.80. The molecule has 0 amide bonds. The van der Waals surface area contributed by atoms with Gasteiger partial charge in [-0.2, -0.15) is 9.78 Å². The number of aromatic nitrogens is 3. The van der Waals surface area contributed by atoms with E-state index >= 15 is 0 Å². The van der Waals surface area contributed by atoms with E-state index in [-0.39, 0.29) is 10.5 Å². The van der Waals surface area contributed by atoms with Crippen LogP contribution in [0.2, 0.25) is 0 Å². The molecule has 2 aromatic heterocycles. The van der Waals surface area contributed by atoms with E-state index in [4.69, 9.17) is 4.52 Å². The van der Waals surface area contributed by atoms with E-state index in [1.54, 1.807) is 51.1 Å². The summed E-state index contributed by atoms with van der Waals surface area (Å²) in [6.45, 7) is 7.17. The molecule has 8 nitrogen and oxygen atoms in total. The van der Waals surface area contributed by atoms with E-state index in [9.17, 15) is 13.2 Å². The Morgan fingerprint density at radius 3 is 2.52 bits per heavy atom. The van der Waals surface area contributed by atoms with Gasteiger partial charge in [0, 0.05) is 17.3 Å². The highest BCUT2D eigenvalue weighted by Gasteiger charge is 2.20. The van der Waals surface area contributed by atoms with Crippen LogP contribution in [0.15, 0.2) is 68.8 Å². The third-order valence-electron chi connectivity index (χ3n) is 5.37. The zero-order valence-corrected chi connectivity index (χ0v) is 19.6. The summed E-state index contributed by atoms with van der Waals surface area (Å²) in [4.78, 5) is 12.6.